The average Bonchev–Trinajstić information content (AvgIpc) is 3.62. The molecule has 5 N–H and O–H groups in total. The van der Waals surface area contributed by atoms with Gasteiger partial charge in [-0.2, -0.15) is 0 Å². The van der Waals surface area contributed by atoms with Gasteiger partial charge in [0.15, 0.2) is 0 Å². The van der Waals surface area contributed by atoms with Gasteiger partial charge in [0.2, 0.25) is 17.7 Å². The summed E-state index contributed by atoms with van der Waals surface area (Å²) in [5.41, 5.74) is 7.83. The first-order chi connectivity index (χ1) is 17.2. The minimum absolute atomic E-state index is 0.0684. The summed E-state index contributed by atoms with van der Waals surface area (Å²) >= 11 is 0. The van der Waals surface area contributed by atoms with Gasteiger partial charge < -0.3 is 30.9 Å². The molecular formula is C26H35N5O5. The minimum atomic E-state index is -1.05. The third kappa shape index (κ3) is 5.09. The normalized spacial score (nSPS) is 21.7. The molecule has 10 nitrogen and oxygen atoms in total. The number of nitrogens with one attached hydrogen (secondary N) is 2. The average molecular weight is 498 g/mol. The first-order valence-electron chi connectivity index (χ1n) is 12.6. The Morgan fingerprint density at radius 3 is 2.36 bits per heavy atom. The molecule has 1 aromatic carbocycles. The molecule has 4 rings (SSSR count). The molecule has 0 bridgehead atoms. The van der Waals surface area contributed by atoms with E-state index in [4.69, 9.17) is 5.73 Å². The predicted molar refractivity (Wildman–Crippen MR) is 134 cm³/mol. The van der Waals surface area contributed by atoms with Crippen molar-refractivity contribution in [3.05, 3.63) is 36.0 Å². The first-order valence-corrected chi connectivity index (χ1v) is 12.6. The van der Waals surface area contributed by atoms with Crippen molar-refractivity contribution < 1.29 is 24.3 Å². The van der Waals surface area contributed by atoms with E-state index in [2.05, 4.69) is 10.3 Å². The lowest BCUT2D eigenvalue weighted by molar-refractivity contribution is -0.149. The van der Waals surface area contributed by atoms with Crippen molar-refractivity contribution in [1.29, 1.82) is 0 Å². The van der Waals surface area contributed by atoms with E-state index in [9.17, 15) is 24.3 Å². The van der Waals surface area contributed by atoms with Gasteiger partial charge in [-0.05, 0) is 43.2 Å². The van der Waals surface area contributed by atoms with Gasteiger partial charge in [0.05, 0.1) is 6.04 Å². The third-order valence-corrected chi connectivity index (χ3v) is 7.38. The zero-order valence-corrected chi connectivity index (χ0v) is 20.8. The first kappa shape index (κ1) is 25.7. The highest BCUT2D eigenvalue weighted by Crippen LogP contribution is 2.24. The summed E-state index contributed by atoms with van der Waals surface area (Å²) in [7, 11) is 0. The van der Waals surface area contributed by atoms with Crippen LogP contribution < -0.4 is 11.1 Å². The highest BCUT2D eigenvalue weighted by atomic mass is 16.4. The van der Waals surface area contributed by atoms with Crippen LogP contribution in [0, 0.1) is 5.92 Å². The van der Waals surface area contributed by atoms with Crippen molar-refractivity contribution in [3.8, 4) is 0 Å². The second-order valence-electron chi connectivity index (χ2n) is 10.1. The van der Waals surface area contributed by atoms with Crippen LogP contribution >= 0.6 is 0 Å². The third-order valence-electron chi connectivity index (χ3n) is 7.38. The molecule has 0 spiro atoms. The minimum Gasteiger partial charge on any atom is -0.480 e. The lowest BCUT2D eigenvalue weighted by atomic mass is 10.0. The standard InChI is InChI=1S/C26H35N5O5/c1-15(2)22(27)25(34)30-11-5-9-20(30)23(32)29-19(24(33)31-12-6-10-21(31)26(35)36)13-16-14-28-18-8-4-3-7-17(16)18/h3-4,7-8,14-15,19-22,28H,5-6,9-13,27H2,1-2H3,(H,29,32)(H,35,36). The number of carbonyl (C=O) groups is 4. The maximum absolute atomic E-state index is 13.6. The van der Waals surface area contributed by atoms with E-state index >= 15 is 0 Å². The van der Waals surface area contributed by atoms with Gasteiger partial charge in [-0.25, -0.2) is 4.79 Å². The Balaban J connectivity index is 1.58. The van der Waals surface area contributed by atoms with Gasteiger partial charge in [0, 0.05) is 36.6 Å². The molecule has 2 aliphatic rings. The van der Waals surface area contributed by atoms with Crippen molar-refractivity contribution in [2.75, 3.05) is 13.1 Å². The summed E-state index contributed by atoms with van der Waals surface area (Å²) in [6.45, 7) is 4.48. The number of carbonyl (C=O) groups excluding carboxylic acids is 3. The zero-order chi connectivity index (χ0) is 26.0. The number of rotatable bonds is 8. The second kappa shape index (κ2) is 10.7. The number of carboxylic acid groups (broad SMARTS) is 1. The Labute approximate surface area is 210 Å². The fourth-order valence-electron chi connectivity index (χ4n) is 5.26. The predicted octanol–water partition coefficient (Wildman–Crippen LogP) is 1.25. The lowest BCUT2D eigenvalue weighted by Gasteiger charge is -2.31. The van der Waals surface area contributed by atoms with Crippen LogP contribution in [-0.2, 0) is 25.6 Å². The monoisotopic (exact) mass is 497 g/mol. The topological polar surface area (TPSA) is 149 Å². The Kier molecular flexibility index (Phi) is 7.63. The number of hydrogen-bond acceptors (Lipinski definition) is 5. The van der Waals surface area contributed by atoms with E-state index in [1.807, 2.05) is 44.3 Å². The maximum atomic E-state index is 13.6. The summed E-state index contributed by atoms with van der Waals surface area (Å²) in [4.78, 5) is 57.8. The van der Waals surface area contributed by atoms with Crippen LogP contribution in [0.1, 0.15) is 45.1 Å². The Hall–Kier alpha value is -3.40. The van der Waals surface area contributed by atoms with Gasteiger partial charge in [0.1, 0.15) is 18.1 Å². The number of H-pyrrole nitrogens is 1. The van der Waals surface area contributed by atoms with Crippen LogP contribution in [0.3, 0.4) is 0 Å². The lowest BCUT2D eigenvalue weighted by Crippen LogP contribution is -2.57. The van der Waals surface area contributed by atoms with E-state index in [1.165, 1.54) is 9.80 Å². The molecule has 0 aliphatic carbocycles. The molecule has 0 saturated carbocycles. The molecule has 3 amide bonds. The van der Waals surface area contributed by atoms with Crippen LogP contribution in [0.5, 0.6) is 0 Å². The molecule has 2 saturated heterocycles. The summed E-state index contributed by atoms with van der Waals surface area (Å²) < 4.78 is 0. The number of fused-ring (bicyclic) bond motifs is 1. The molecule has 3 heterocycles. The molecule has 2 fully saturated rings. The number of aliphatic carboxylic acids is 1. The summed E-state index contributed by atoms with van der Waals surface area (Å²) in [6, 6.07) is 4.37. The number of likely N-dealkylation sites (tertiary alicyclic amines) is 2. The zero-order valence-electron chi connectivity index (χ0n) is 20.8. The largest absolute Gasteiger partial charge is 0.480 e. The van der Waals surface area contributed by atoms with E-state index in [0.29, 0.717) is 38.8 Å². The Bertz CT molecular complexity index is 1140. The quantitative estimate of drug-likeness (QED) is 0.431. The summed E-state index contributed by atoms with van der Waals surface area (Å²) in [6.07, 6.45) is 4.13. The number of para-hydroxylation sites is 1. The summed E-state index contributed by atoms with van der Waals surface area (Å²) in [5, 5.41) is 13.4. The molecule has 4 unspecified atom stereocenters. The van der Waals surface area contributed by atoms with E-state index in [-0.39, 0.29) is 18.2 Å². The van der Waals surface area contributed by atoms with E-state index < -0.39 is 42.0 Å². The second-order valence-corrected chi connectivity index (χ2v) is 10.1. The van der Waals surface area contributed by atoms with Gasteiger partial charge in [0.25, 0.3) is 0 Å². The SMILES string of the molecule is CC(C)C(N)C(=O)N1CCCC1C(=O)NC(Cc1c[nH]c2ccccc12)C(=O)N1CCCC1C(=O)O. The highest BCUT2D eigenvalue weighted by molar-refractivity contribution is 5.95. The molecular weight excluding hydrogens is 462 g/mol. The van der Waals surface area contributed by atoms with Crippen LogP contribution in [0.25, 0.3) is 10.9 Å². The number of hydrogen-bond donors (Lipinski definition) is 4. The maximum Gasteiger partial charge on any atom is 0.326 e. The molecule has 4 atom stereocenters. The molecule has 194 valence electrons. The molecule has 0 radical (unpaired) electrons. The van der Waals surface area contributed by atoms with Crippen molar-refractivity contribution >= 4 is 34.6 Å². The van der Waals surface area contributed by atoms with Crippen molar-refractivity contribution in [1.82, 2.24) is 20.1 Å². The number of nitrogens with two attached hydrogens (primary N) is 1. The number of nitrogens with zero attached hydrogens (tertiary/aromatic N) is 2. The fraction of sp³-hybridized carbons (Fsp3) is 0.538. The Morgan fingerprint density at radius 1 is 1.06 bits per heavy atom. The molecule has 2 aromatic rings. The van der Waals surface area contributed by atoms with Gasteiger partial charge in [-0.1, -0.05) is 32.0 Å². The summed E-state index contributed by atoms with van der Waals surface area (Å²) in [5.74, 6) is -2.23. The molecule has 2 aliphatic heterocycles. The van der Waals surface area contributed by atoms with Gasteiger partial charge in [-0.15, -0.1) is 0 Å². The number of benzene rings is 1. The van der Waals surface area contributed by atoms with E-state index in [1.54, 1.807) is 0 Å². The number of amides is 3. The molecule has 1 aromatic heterocycles. The molecule has 10 heteroatoms. The number of aromatic amines is 1. The fourth-order valence-corrected chi connectivity index (χ4v) is 5.26. The smallest absolute Gasteiger partial charge is 0.326 e. The van der Waals surface area contributed by atoms with Crippen molar-refractivity contribution in [2.45, 2.75) is 70.1 Å². The number of carboxylic acids is 1. The van der Waals surface area contributed by atoms with Crippen LogP contribution in [0.15, 0.2) is 30.5 Å². The van der Waals surface area contributed by atoms with E-state index in [0.717, 1.165) is 16.5 Å². The molecule has 36 heavy (non-hydrogen) atoms. The van der Waals surface area contributed by atoms with Crippen molar-refractivity contribution in [3.63, 3.8) is 0 Å². The van der Waals surface area contributed by atoms with Gasteiger partial charge >= 0.3 is 5.97 Å². The number of aromatic nitrogens is 1. The van der Waals surface area contributed by atoms with Gasteiger partial charge in [-0.3, -0.25) is 14.4 Å². The highest BCUT2D eigenvalue weighted by Gasteiger charge is 2.41. The van der Waals surface area contributed by atoms with Crippen LogP contribution in [0.2, 0.25) is 0 Å². The van der Waals surface area contributed by atoms with Crippen LogP contribution in [0.4, 0.5) is 0 Å². The van der Waals surface area contributed by atoms with Crippen molar-refractivity contribution in [2.24, 2.45) is 11.7 Å². The Morgan fingerprint density at radius 2 is 1.69 bits per heavy atom. The van der Waals surface area contributed by atoms with Crippen LogP contribution in [-0.4, -0.2) is 80.8 Å².